The predicted molar refractivity (Wildman–Crippen MR) is 35.4 cm³/mol. The van der Waals surface area contributed by atoms with Crippen LogP contribution >= 0.6 is 0 Å². The van der Waals surface area contributed by atoms with Gasteiger partial charge in [-0.1, -0.05) is 0 Å². The molecule has 5 heteroatoms. The van der Waals surface area contributed by atoms with E-state index in [1.807, 2.05) is 0 Å². The van der Waals surface area contributed by atoms with Gasteiger partial charge in [0.1, 0.15) is 0 Å². The van der Waals surface area contributed by atoms with E-state index in [0.29, 0.717) is 0 Å². The Hall–Kier alpha value is -0.840. The molecule has 0 radical (unpaired) electrons. The summed E-state index contributed by atoms with van der Waals surface area (Å²) in [4.78, 5) is 10.7. The van der Waals surface area contributed by atoms with Gasteiger partial charge in [-0.2, -0.15) is 0 Å². The van der Waals surface area contributed by atoms with E-state index in [0.717, 1.165) is 15.8 Å². The lowest BCUT2D eigenvalue weighted by molar-refractivity contribution is -0.121. The molecule has 0 atom stereocenters. The number of carbonyl (C=O) groups excluding carboxylic acids is 1. The first-order valence-electron chi connectivity index (χ1n) is 2.82. The van der Waals surface area contributed by atoms with Crippen LogP contribution in [0, 0.1) is 0 Å². The maximum Gasteiger partial charge on any atom is 0.261 e. The highest BCUT2D eigenvalue weighted by Gasteiger charge is 2.27. The standard InChI is InChI=1S/C5H7NO3S/c1-2-6-5(7)3-4-10(6,8)9/h3-4H,2H2,1H3. The summed E-state index contributed by atoms with van der Waals surface area (Å²) in [6, 6.07) is 0. The minimum atomic E-state index is -3.38. The van der Waals surface area contributed by atoms with Gasteiger partial charge in [0.25, 0.3) is 15.9 Å². The summed E-state index contributed by atoms with van der Waals surface area (Å²) in [6.45, 7) is 1.82. The van der Waals surface area contributed by atoms with Crippen LogP contribution in [0.3, 0.4) is 0 Å². The van der Waals surface area contributed by atoms with Gasteiger partial charge in [0.15, 0.2) is 0 Å². The minimum absolute atomic E-state index is 0.203. The van der Waals surface area contributed by atoms with Crippen molar-refractivity contribution in [3.05, 3.63) is 11.5 Å². The maximum absolute atomic E-state index is 10.8. The Morgan fingerprint density at radius 3 is 2.40 bits per heavy atom. The highest BCUT2D eigenvalue weighted by molar-refractivity contribution is 7.93. The van der Waals surface area contributed by atoms with Crippen LogP contribution in [0.1, 0.15) is 6.92 Å². The number of amides is 1. The van der Waals surface area contributed by atoms with Gasteiger partial charge in [-0.3, -0.25) is 4.79 Å². The van der Waals surface area contributed by atoms with Crippen LogP contribution in [0.25, 0.3) is 0 Å². The first-order chi connectivity index (χ1) is 4.58. The molecule has 1 rings (SSSR count). The van der Waals surface area contributed by atoms with Crippen LogP contribution in [0.5, 0.6) is 0 Å². The van der Waals surface area contributed by atoms with Crippen molar-refractivity contribution in [2.24, 2.45) is 0 Å². The number of rotatable bonds is 1. The number of likely N-dealkylation sites (N-methyl/N-ethyl adjacent to an activating group) is 1. The number of carbonyl (C=O) groups is 1. The quantitative estimate of drug-likeness (QED) is 0.530. The molecule has 0 unspecified atom stereocenters. The van der Waals surface area contributed by atoms with Crippen molar-refractivity contribution in [3.8, 4) is 0 Å². The molecule has 0 aromatic rings. The highest BCUT2D eigenvalue weighted by Crippen LogP contribution is 2.10. The largest absolute Gasteiger partial charge is 0.269 e. The van der Waals surface area contributed by atoms with Crippen molar-refractivity contribution in [2.75, 3.05) is 6.54 Å². The van der Waals surface area contributed by atoms with E-state index in [1.54, 1.807) is 6.92 Å². The molecule has 0 saturated heterocycles. The molecule has 10 heavy (non-hydrogen) atoms. The van der Waals surface area contributed by atoms with E-state index in [4.69, 9.17) is 0 Å². The minimum Gasteiger partial charge on any atom is -0.269 e. The Kier molecular flexibility index (Phi) is 1.52. The monoisotopic (exact) mass is 161 g/mol. The Bertz CT molecular complexity index is 277. The molecule has 1 aliphatic heterocycles. The summed E-state index contributed by atoms with van der Waals surface area (Å²) in [5, 5.41) is 0.916. The third-order valence-corrected chi connectivity index (χ3v) is 2.76. The summed E-state index contributed by atoms with van der Waals surface area (Å²) in [7, 11) is -3.38. The van der Waals surface area contributed by atoms with E-state index in [1.165, 1.54) is 0 Å². The lowest BCUT2D eigenvalue weighted by Gasteiger charge is -2.10. The summed E-state index contributed by atoms with van der Waals surface area (Å²) in [5.41, 5.74) is 0. The van der Waals surface area contributed by atoms with E-state index < -0.39 is 15.9 Å². The van der Waals surface area contributed by atoms with Gasteiger partial charge < -0.3 is 0 Å². The molecular weight excluding hydrogens is 154 g/mol. The molecule has 1 aliphatic rings. The molecular formula is C5H7NO3S. The van der Waals surface area contributed by atoms with E-state index in [2.05, 4.69) is 0 Å². The summed E-state index contributed by atoms with van der Waals surface area (Å²) < 4.78 is 22.5. The second-order valence-electron chi connectivity index (χ2n) is 1.85. The topological polar surface area (TPSA) is 54.5 Å². The molecule has 56 valence electrons. The zero-order chi connectivity index (χ0) is 7.78. The molecule has 0 aromatic heterocycles. The number of hydrogen-bond donors (Lipinski definition) is 0. The molecule has 1 amide bonds. The van der Waals surface area contributed by atoms with Gasteiger partial charge in [-0.05, 0) is 6.92 Å². The Morgan fingerprint density at radius 2 is 2.20 bits per heavy atom. The van der Waals surface area contributed by atoms with Crippen LogP contribution in [-0.2, 0) is 14.8 Å². The molecule has 0 aliphatic carbocycles. The molecule has 0 fully saturated rings. The van der Waals surface area contributed by atoms with Crippen molar-refractivity contribution in [3.63, 3.8) is 0 Å². The van der Waals surface area contributed by atoms with Crippen LogP contribution in [-0.4, -0.2) is 25.2 Å². The van der Waals surface area contributed by atoms with E-state index >= 15 is 0 Å². The first-order valence-corrected chi connectivity index (χ1v) is 4.33. The van der Waals surface area contributed by atoms with Gasteiger partial charge in [0.2, 0.25) is 0 Å². The van der Waals surface area contributed by atoms with Gasteiger partial charge in [-0.15, -0.1) is 0 Å². The van der Waals surface area contributed by atoms with Crippen LogP contribution in [0.2, 0.25) is 0 Å². The molecule has 0 spiro atoms. The van der Waals surface area contributed by atoms with Gasteiger partial charge in [0.05, 0.1) is 5.41 Å². The lowest BCUT2D eigenvalue weighted by Crippen LogP contribution is -2.29. The van der Waals surface area contributed by atoms with Crippen LogP contribution < -0.4 is 0 Å². The number of hydrogen-bond acceptors (Lipinski definition) is 3. The molecule has 4 nitrogen and oxygen atoms in total. The van der Waals surface area contributed by atoms with Crippen molar-refractivity contribution >= 4 is 15.9 Å². The molecule has 0 N–H and O–H groups in total. The average Bonchev–Trinajstić information content (AvgIpc) is 2.07. The fourth-order valence-corrected chi connectivity index (χ4v) is 1.87. The molecule has 0 saturated carbocycles. The van der Waals surface area contributed by atoms with Crippen LogP contribution in [0.4, 0.5) is 0 Å². The smallest absolute Gasteiger partial charge is 0.261 e. The maximum atomic E-state index is 10.8. The third kappa shape index (κ3) is 0.923. The lowest BCUT2D eigenvalue weighted by atomic mass is 10.6. The normalized spacial score (nSPS) is 22.1. The number of nitrogens with zero attached hydrogens (tertiary/aromatic N) is 1. The third-order valence-electron chi connectivity index (χ3n) is 1.22. The second-order valence-corrected chi connectivity index (χ2v) is 3.59. The Morgan fingerprint density at radius 1 is 1.60 bits per heavy atom. The van der Waals surface area contributed by atoms with Crippen molar-refractivity contribution in [2.45, 2.75) is 6.92 Å². The van der Waals surface area contributed by atoms with Crippen molar-refractivity contribution in [1.82, 2.24) is 4.31 Å². The number of sulfonamides is 1. The molecule has 1 heterocycles. The summed E-state index contributed by atoms with van der Waals surface area (Å²) in [6.07, 6.45) is 1.05. The fraction of sp³-hybridized carbons (Fsp3) is 0.400. The Balaban J connectivity index is 3.05. The zero-order valence-corrected chi connectivity index (χ0v) is 6.26. The first kappa shape index (κ1) is 7.27. The van der Waals surface area contributed by atoms with Gasteiger partial charge in [-0.25, -0.2) is 12.7 Å². The van der Waals surface area contributed by atoms with Crippen molar-refractivity contribution < 1.29 is 13.2 Å². The van der Waals surface area contributed by atoms with Gasteiger partial charge >= 0.3 is 0 Å². The SMILES string of the molecule is CCN1C(=O)C=CS1(=O)=O. The summed E-state index contributed by atoms with van der Waals surface area (Å²) >= 11 is 0. The second kappa shape index (κ2) is 2.09. The fourth-order valence-electron chi connectivity index (χ4n) is 0.762. The predicted octanol–water partition coefficient (Wildman–Crippen LogP) is -0.308. The molecule has 0 bridgehead atoms. The summed E-state index contributed by atoms with van der Waals surface area (Å²) in [5.74, 6) is -0.456. The Labute approximate surface area is 59.2 Å². The molecule has 0 aromatic carbocycles. The van der Waals surface area contributed by atoms with Crippen molar-refractivity contribution in [1.29, 1.82) is 0 Å². The van der Waals surface area contributed by atoms with E-state index in [9.17, 15) is 13.2 Å². The average molecular weight is 161 g/mol. The van der Waals surface area contributed by atoms with Crippen LogP contribution in [0.15, 0.2) is 11.5 Å². The van der Waals surface area contributed by atoms with Gasteiger partial charge in [0, 0.05) is 12.6 Å². The zero-order valence-electron chi connectivity index (χ0n) is 5.44. The highest BCUT2D eigenvalue weighted by atomic mass is 32.2. The van der Waals surface area contributed by atoms with E-state index in [-0.39, 0.29) is 6.54 Å².